The summed E-state index contributed by atoms with van der Waals surface area (Å²) in [6.45, 7) is 1.55. The molecule has 0 amide bonds. The third-order valence-corrected chi connectivity index (χ3v) is 4.43. The third-order valence-electron chi connectivity index (χ3n) is 3.88. The normalized spacial score (nSPS) is 41.2. The van der Waals surface area contributed by atoms with Crippen molar-refractivity contribution in [3.8, 4) is 0 Å². The Balaban J connectivity index is 1.90. The number of thioether (sulfide) groups is 1. The number of aliphatic hydroxyl groups is 3. The number of aliphatic hydroxyl groups excluding tert-OH is 3. The van der Waals surface area contributed by atoms with Crippen LogP contribution in [0.4, 0.5) is 0 Å². The molecule has 0 aromatic heterocycles. The van der Waals surface area contributed by atoms with Gasteiger partial charge in [-0.3, -0.25) is 4.99 Å². The highest BCUT2D eigenvalue weighted by atomic mass is 32.2. The first-order valence-corrected chi connectivity index (χ1v) is 8.07. The van der Waals surface area contributed by atoms with E-state index in [1.54, 1.807) is 11.8 Å². The second kappa shape index (κ2) is 5.55. The highest BCUT2D eigenvalue weighted by Gasteiger charge is 2.50. The van der Waals surface area contributed by atoms with Crippen LogP contribution in [0.2, 0.25) is 0 Å². The molecule has 9 nitrogen and oxygen atoms in total. The van der Waals surface area contributed by atoms with Crippen molar-refractivity contribution in [2.75, 3.05) is 19.5 Å². The molecule has 0 spiro atoms. The largest absolute Gasteiger partial charge is 0.394 e. The number of nitrogens with two attached hydrogens (primary N) is 1. The minimum atomic E-state index is -1.17. The van der Waals surface area contributed by atoms with Crippen LogP contribution in [-0.2, 0) is 4.74 Å². The van der Waals surface area contributed by atoms with E-state index in [9.17, 15) is 15.3 Å². The minimum absolute atomic E-state index is 0.199. The van der Waals surface area contributed by atoms with Gasteiger partial charge in [-0.05, 0) is 13.2 Å². The van der Waals surface area contributed by atoms with Crippen LogP contribution in [0.15, 0.2) is 15.0 Å². The molecule has 0 saturated carbocycles. The molecule has 0 aromatic carbocycles. The Morgan fingerprint density at radius 1 is 1.45 bits per heavy atom. The number of hydrogen-bond acceptors (Lipinski definition) is 10. The van der Waals surface area contributed by atoms with Crippen molar-refractivity contribution in [2.45, 2.75) is 37.1 Å². The standard InChI is InChI=1S/C12H19N5O4S/c1-12(13)8-9(15-11(16-12)22-2)17(4-14-8)10-7(20)6(19)5(3-18)21-10/h5-7,10,18-20H,3-4,13H2,1-2H3/t5-,6-,7-,10-,12?/m1/s1. The number of aliphatic imine (C=N–C) groups is 3. The summed E-state index contributed by atoms with van der Waals surface area (Å²) in [5.74, 6) is 0.485. The third kappa shape index (κ3) is 2.36. The second-order valence-corrected chi connectivity index (χ2v) is 6.30. The Kier molecular flexibility index (Phi) is 4.00. The van der Waals surface area contributed by atoms with E-state index in [2.05, 4.69) is 15.0 Å². The second-order valence-electron chi connectivity index (χ2n) is 5.53. The number of hydrogen-bond donors (Lipinski definition) is 4. The molecule has 0 radical (unpaired) electrons. The van der Waals surface area contributed by atoms with Crippen LogP contribution >= 0.6 is 11.8 Å². The average molecular weight is 329 g/mol. The lowest BCUT2D eigenvalue weighted by atomic mass is 10.1. The fourth-order valence-corrected chi connectivity index (χ4v) is 3.18. The lowest BCUT2D eigenvalue weighted by Crippen LogP contribution is -2.54. The summed E-state index contributed by atoms with van der Waals surface area (Å²) in [5, 5.41) is 29.8. The zero-order valence-corrected chi connectivity index (χ0v) is 13.1. The van der Waals surface area contributed by atoms with Crippen LogP contribution in [0, 0.1) is 0 Å². The van der Waals surface area contributed by atoms with E-state index >= 15 is 0 Å². The van der Waals surface area contributed by atoms with Crippen LogP contribution in [-0.4, -0.2) is 86.7 Å². The topological polar surface area (TPSA) is 136 Å². The summed E-state index contributed by atoms with van der Waals surface area (Å²) in [6.07, 6.45) is -2.18. The average Bonchev–Trinajstić information content (AvgIpc) is 3.02. The van der Waals surface area contributed by atoms with Crippen molar-refractivity contribution in [1.29, 1.82) is 0 Å². The fraction of sp³-hybridized carbons (Fsp3) is 0.750. The van der Waals surface area contributed by atoms with Gasteiger partial charge in [0, 0.05) is 0 Å². The van der Waals surface area contributed by atoms with E-state index in [-0.39, 0.29) is 13.3 Å². The molecule has 5 N–H and O–H groups in total. The zero-order chi connectivity index (χ0) is 16.1. The first-order valence-electron chi connectivity index (χ1n) is 6.85. The van der Waals surface area contributed by atoms with Crippen molar-refractivity contribution in [2.24, 2.45) is 20.7 Å². The number of rotatable bonds is 2. The van der Waals surface area contributed by atoms with Crippen molar-refractivity contribution >= 4 is 28.5 Å². The molecule has 1 saturated heterocycles. The van der Waals surface area contributed by atoms with Crippen molar-refractivity contribution < 1.29 is 20.1 Å². The molecule has 0 aromatic rings. The molecule has 3 heterocycles. The number of amidine groups is 2. The van der Waals surface area contributed by atoms with E-state index in [0.29, 0.717) is 16.7 Å². The Hall–Kier alpha value is -1.04. The highest BCUT2D eigenvalue weighted by molar-refractivity contribution is 8.13. The Morgan fingerprint density at radius 2 is 2.18 bits per heavy atom. The molecule has 1 fully saturated rings. The van der Waals surface area contributed by atoms with Crippen molar-refractivity contribution in [3.63, 3.8) is 0 Å². The number of ether oxygens (including phenoxy) is 1. The number of nitrogens with zero attached hydrogens (tertiary/aromatic N) is 4. The summed E-state index contributed by atoms with van der Waals surface area (Å²) in [6, 6.07) is 0. The lowest BCUT2D eigenvalue weighted by Gasteiger charge is -2.31. The predicted molar refractivity (Wildman–Crippen MR) is 82.9 cm³/mol. The molecule has 0 aliphatic carbocycles. The Bertz CT molecular complexity index is 564. The van der Waals surface area contributed by atoms with Crippen LogP contribution in [0.5, 0.6) is 0 Å². The molecule has 3 rings (SSSR count). The molecule has 1 unspecified atom stereocenters. The summed E-state index contributed by atoms with van der Waals surface area (Å²) in [5.41, 5.74) is 5.69. The number of fused-ring (bicyclic) bond motifs is 1. The van der Waals surface area contributed by atoms with Gasteiger partial charge in [-0.25, -0.2) is 9.98 Å². The molecule has 0 bridgehead atoms. The monoisotopic (exact) mass is 329 g/mol. The van der Waals surface area contributed by atoms with Crippen LogP contribution in [0.1, 0.15) is 6.92 Å². The highest BCUT2D eigenvalue weighted by Crippen LogP contribution is 2.30. The first kappa shape index (κ1) is 15.8. The van der Waals surface area contributed by atoms with Gasteiger partial charge < -0.3 is 30.7 Å². The van der Waals surface area contributed by atoms with Crippen LogP contribution in [0.25, 0.3) is 0 Å². The van der Waals surface area contributed by atoms with Gasteiger partial charge >= 0.3 is 0 Å². The maximum absolute atomic E-state index is 10.2. The smallest absolute Gasteiger partial charge is 0.186 e. The minimum Gasteiger partial charge on any atom is -0.394 e. The molecule has 3 aliphatic heterocycles. The lowest BCUT2D eigenvalue weighted by molar-refractivity contribution is -0.0688. The van der Waals surface area contributed by atoms with Crippen LogP contribution < -0.4 is 5.73 Å². The van der Waals surface area contributed by atoms with Gasteiger partial charge in [0.2, 0.25) is 0 Å². The summed E-state index contributed by atoms with van der Waals surface area (Å²) in [4.78, 5) is 14.7. The Morgan fingerprint density at radius 3 is 2.77 bits per heavy atom. The van der Waals surface area contributed by atoms with Gasteiger partial charge in [0.15, 0.2) is 22.9 Å². The Labute approximate surface area is 131 Å². The van der Waals surface area contributed by atoms with Gasteiger partial charge in [0.1, 0.15) is 30.7 Å². The van der Waals surface area contributed by atoms with Gasteiger partial charge in [-0.15, -0.1) is 0 Å². The van der Waals surface area contributed by atoms with Crippen LogP contribution in [0.3, 0.4) is 0 Å². The maximum Gasteiger partial charge on any atom is 0.186 e. The van der Waals surface area contributed by atoms with Crippen molar-refractivity contribution in [3.05, 3.63) is 0 Å². The van der Waals surface area contributed by atoms with E-state index in [1.165, 1.54) is 11.8 Å². The predicted octanol–water partition coefficient (Wildman–Crippen LogP) is -2.05. The maximum atomic E-state index is 10.2. The zero-order valence-electron chi connectivity index (χ0n) is 12.2. The molecule has 122 valence electrons. The van der Waals surface area contributed by atoms with E-state index in [1.807, 2.05) is 6.26 Å². The molecule has 5 atom stereocenters. The van der Waals surface area contributed by atoms with E-state index in [0.717, 1.165) is 0 Å². The SMILES string of the molecule is CSC1=NC(C)(N)C2=NCN([C@@H]3O[C@H](CO)[C@@H](O)[C@H]3O)C2=N1. The summed E-state index contributed by atoms with van der Waals surface area (Å²) < 4.78 is 5.54. The molecular formula is C12H19N5O4S. The first-order chi connectivity index (χ1) is 10.4. The van der Waals surface area contributed by atoms with Gasteiger partial charge in [0.05, 0.1) is 6.61 Å². The quantitative estimate of drug-likeness (QED) is 0.457. The molecule has 10 heteroatoms. The molecular weight excluding hydrogens is 310 g/mol. The fourth-order valence-electron chi connectivity index (χ4n) is 2.72. The van der Waals surface area contributed by atoms with E-state index in [4.69, 9.17) is 10.5 Å². The molecule has 3 aliphatic rings. The van der Waals surface area contributed by atoms with Gasteiger partial charge in [0.25, 0.3) is 0 Å². The van der Waals surface area contributed by atoms with E-state index < -0.39 is 30.2 Å². The molecule has 22 heavy (non-hydrogen) atoms. The van der Waals surface area contributed by atoms with Gasteiger partial charge in [-0.1, -0.05) is 11.8 Å². The summed E-state index contributed by atoms with van der Waals surface area (Å²) >= 11 is 1.36. The van der Waals surface area contributed by atoms with Gasteiger partial charge in [-0.2, -0.15) is 0 Å². The summed E-state index contributed by atoms with van der Waals surface area (Å²) in [7, 11) is 0. The van der Waals surface area contributed by atoms with Crippen molar-refractivity contribution in [1.82, 2.24) is 4.90 Å².